The van der Waals surface area contributed by atoms with Crippen molar-refractivity contribution in [2.75, 3.05) is 13.1 Å². The molecule has 0 aliphatic heterocycles. The molecule has 3 heteroatoms. The van der Waals surface area contributed by atoms with Gasteiger partial charge in [0.25, 0.3) is 0 Å². The number of thiocarbonyl (C=S) groups is 1. The summed E-state index contributed by atoms with van der Waals surface area (Å²) in [6.07, 6.45) is 6.62. The minimum absolute atomic E-state index is 0.651. The van der Waals surface area contributed by atoms with Crippen LogP contribution in [0.15, 0.2) is 0 Å². The fourth-order valence-electron chi connectivity index (χ4n) is 2.46. The highest BCUT2D eigenvalue weighted by molar-refractivity contribution is 7.80. The summed E-state index contributed by atoms with van der Waals surface area (Å²) < 4.78 is 0. The first-order chi connectivity index (χ1) is 8.50. The van der Waals surface area contributed by atoms with E-state index in [1.54, 1.807) is 0 Å². The maximum atomic E-state index is 5.60. The van der Waals surface area contributed by atoms with Crippen molar-refractivity contribution in [3.63, 3.8) is 0 Å². The second kappa shape index (κ2) is 7.98. The molecule has 2 nitrogen and oxygen atoms in total. The van der Waals surface area contributed by atoms with Gasteiger partial charge >= 0.3 is 0 Å². The van der Waals surface area contributed by atoms with Gasteiger partial charge in [-0.15, -0.1) is 0 Å². The molecule has 0 aromatic rings. The van der Waals surface area contributed by atoms with E-state index in [1.165, 1.54) is 32.1 Å². The first-order valence-corrected chi connectivity index (χ1v) is 7.96. The summed E-state index contributed by atoms with van der Waals surface area (Å²) in [6.45, 7) is 11.1. The molecule has 1 fully saturated rings. The smallest absolute Gasteiger partial charge is 0.169 e. The van der Waals surface area contributed by atoms with E-state index in [-0.39, 0.29) is 0 Å². The van der Waals surface area contributed by atoms with Gasteiger partial charge in [0.1, 0.15) is 0 Å². The molecule has 1 aliphatic rings. The molecule has 0 radical (unpaired) electrons. The molecule has 0 heterocycles. The van der Waals surface area contributed by atoms with Crippen LogP contribution in [0.25, 0.3) is 0 Å². The number of nitrogens with one attached hydrogen (secondary N) is 1. The fourth-order valence-corrected chi connectivity index (χ4v) is 2.78. The van der Waals surface area contributed by atoms with Gasteiger partial charge < -0.3 is 10.2 Å². The molecule has 0 saturated heterocycles. The number of hydrogen-bond acceptors (Lipinski definition) is 1. The van der Waals surface area contributed by atoms with Crippen LogP contribution in [0.3, 0.4) is 0 Å². The van der Waals surface area contributed by atoms with Crippen molar-refractivity contribution < 1.29 is 0 Å². The zero-order valence-electron chi connectivity index (χ0n) is 12.5. The molecular weight excluding hydrogens is 240 g/mol. The van der Waals surface area contributed by atoms with Crippen molar-refractivity contribution in [2.24, 2.45) is 11.8 Å². The lowest BCUT2D eigenvalue weighted by molar-refractivity contribution is 0.291. The van der Waals surface area contributed by atoms with E-state index in [0.29, 0.717) is 12.0 Å². The molecule has 0 unspecified atom stereocenters. The minimum atomic E-state index is 0.651. The van der Waals surface area contributed by atoms with Crippen molar-refractivity contribution in [1.29, 1.82) is 0 Å². The summed E-state index contributed by atoms with van der Waals surface area (Å²) >= 11 is 5.60. The maximum Gasteiger partial charge on any atom is 0.169 e. The Hall–Kier alpha value is -0.310. The fraction of sp³-hybridized carbons (Fsp3) is 0.933. The topological polar surface area (TPSA) is 15.3 Å². The molecule has 1 N–H and O–H groups in total. The van der Waals surface area contributed by atoms with E-state index in [1.807, 2.05) is 0 Å². The molecule has 1 saturated carbocycles. The second-order valence-corrected chi connectivity index (χ2v) is 6.78. The molecular formula is C15H30N2S. The third-order valence-electron chi connectivity index (χ3n) is 3.64. The van der Waals surface area contributed by atoms with Crippen LogP contribution in [-0.2, 0) is 0 Å². The Labute approximate surface area is 119 Å². The predicted molar refractivity (Wildman–Crippen MR) is 83.9 cm³/mol. The highest BCUT2D eigenvalue weighted by Crippen LogP contribution is 2.24. The van der Waals surface area contributed by atoms with E-state index < -0.39 is 0 Å². The maximum absolute atomic E-state index is 5.60. The summed E-state index contributed by atoms with van der Waals surface area (Å²) in [5.74, 6) is 1.40. The van der Waals surface area contributed by atoms with E-state index in [2.05, 4.69) is 37.9 Å². The van der Waals surface area contributed by atoms with Crippen molar-refractivity contribution in [3.05, 3.63) is 0 Å². The Balaban J connectivity index is 2.49. The lowest BCUT2D eigenvalue weighted by Crippen LogP contribution is -2.46. The summed E-state index contributed by atoms with van der Waals surface area (Å²) in [5, 5.41) is 4.42. The van der Waals surface area contributed by atoms with Gasteiger partial charge in [-0.3, -0.25) is 0 Å². The van der Waals surface area contributed by atoms with Crippen LogP contribution in [0.2, 0.25) is 0 Å². The SMILES string of the molecule is CC(C)CCN(C(=S)NCC(C)C)C1CCCC1. The average Bonchev–Trinajstić information content (AvgIpc) is 2.79. The van der Waals surface area contributed by atoms with E-state index in [9.17, 15) is 0 Å². The molecule has 1 rings (SSSR count). The van der Waals surface area contributed by atoms with Gasteiger partial charge in [-0.1, -0.05) is 40.5 Å². The monoisotopic (exact) mass is 270 g/mol. The second-order valence-electron chi connectivity index (χ2n) is 6.39. The van der Waals surface area contributed by atoms with Gasteiger partial charge in [-0.05, 0) is 43.3 Å². The van der Waals surface area contributed by atoms with Crippen LogP contribution in [0.4, 0.5) is 0 Å². The molecule has 106 valence electrons. The van der Waals surface area contributed by atoms with Gasteiger partial charge in [-0.2, -0.15) is 0 Å². The van der Waals surface area contributed by atoms with Crippen LogP contribution in [0, 0.1) is 11.8 Å². The van der Waals surface area contributed by atoms with Crippen LogP contribution in [0.5, 0.6) is 0 Å². The Morgan fingerprint density at radius 3 is 2.28 bits per heavy atom. The van der Waals surface area contributed by atoms with Gasteiger partial charge in [0.2, 0.25) is 0 Å². The van der Waals surface area contributed by atoms with Crippen molar-refractivity contribution in [3.8, 4) is 0 Å². The Bertz CT molecular complexity index is 245. The van der Waals surface area contributed by atoms with Crippen molar-refractivity contribution >= 4 is 17.3 Å². The third-order valence-corrected chi connectivity index (χ3v) is 4.01. The number of rotatable bonds is 6. The molecule has 0 atom stereocenters. The highest BCUT2D eigenvalue weighted by Gasteiger charge is 2.24. The van der Waals surface area contributed by atoms with E-state index >= 15 is 0 Å². The predicted octanol–water partition coefficient (Wildman–Crippen LogP) is 3.81. The van der Waals surface area contributed by atoms with Crippen LogP contribution in [0.1, 0.15) is 59.8 Å². The summed E-state index contributed by atoms with van der Waals surface area (Å²) in [7, 11) is 0. The van der Waals surface area contributed by atoms with Crippen LogP contribution < -0.4 is 5.32 Å². The van der Waals surface area contributed by atoms with E-state index in [4.69, 9.17) is 12.2 Å². The first-order valence-electron chi connectivity index (χ1n) is 7.55. The summed E-state index contributed by atoms with van der Waals surface area (Å²) in [5.41, 5.74) is 0. The number of nitrogens with zero attached hydrogens (tertiary/aromatic N) is 1. The standard InChI is InChI=1S/C15H30N2S/c1-12(2)9-10-17(14-7-5-6-8-14)15(18)16-11-13(3)4/h12-14H,5-11H2,1-4H3,(H,16,18). The summed E-state index contributed by atoms with van der Waals surface area (Å²) in [6, 6.07) is 0.691. The Morgan fingerprint density at radius 2 is 1.78 bits per heavy atom. The van der Waals surface area contributed by atoms with Gasteiger partial charge in [-0.25, -0.2) is 0 Å². The first kappa shape index (κ1) is 15.7. The zero-order valence-corrected chi connectivity index (χ0v) is 13.4. The van der Waals surface area contributed by atoms with Gasteiger partial charge in [0.05, 0.1) is 0 Å². The zero-order chi connectivity index (χ0) is 13.5. The molecule has 0 aromatic carbocycles. The highest BCUT2D eigenvalue weighted by atomic mass is 32.1. The quantitative estimate of drug-likeness (QED) is 0.739. The number of hydrogen-bond donors (Lipinski definition) is 1. The van der Waals surface area contributed by atoms with Crippen LogP contribution in [-0.4, -0.2) is 29.1 Å². The van der Waals surface area contributed by atoms with Gasteiger partial charge in [0, 0.05) is 19.1 Å². The average molecular weight is 270 g/mol. The minimum Gasteiger partial charge on any atom is -0.362 e. The van der Waals surface area contributed by atoms with Crippen LogP contribution >= 0.6 is 12.2 Å². The molecule has 0 aromatic heterocycles. The molecule has 0 spiro atoms. The third kappa shape index (κ3) is 5.55. The molecule has 18 heavy (non-hydrogen) atoms. The molecule has 0 amide bonds. The molecule has 1 aliphatic carbocycles. The lowest BCUT2D eigenvalue weighted by atomic mass is 10.1. The van der Waals surface area contributed by atoms with Crippen molar-refractivity contribution in [2.45, 2.75) is 65.8 Å². The van der Waals surface area contributed by atoms with Crippen molar-refractivity contribution in [1.82, 2.24) is 10.2 Å². The molecule has 0 bridgehead atoms. The summed E-state index contributed by atoms with van der Waals surface area (Å²) in [4.78, 5) is 2.46. The largest absolute Gasteiger partial charge is 0.362 e. The van der Waals surface area contributed by atoms with E-state index in [0.717, 1.165) is 24.1 Å². The Kier molecular flexibility index (Phi) is 6.98. The normalized spacial score (nSPS) is 16.6. The van der Waals surface area contributed by atoms with Gasteiger partial charge in [0.15, 0.2) is 5.11 Å². The lowest BCUT2D eigenvalue weighted by Gasteiger charge is -2.32. The Morgan fingerprint density at radius 1 is 1.17 bits per heavy atom.